The zero-order valence-electron chi connectivity index (χ0n) is 18.1. The van der Waals surface area contributed by atoms with Gasteiger partial charge in [0.25, 0.3) is 5.56 Å². The third-order valence-corrected chi connectivity index (χ3v) is 6.46. The molecule has 0 bridgehead atoms. The van der Waals surface area contributed by atoms with Gasteiger partial charge in [-0.2, -0.15) is 0 Å². The largest absolute Gasteiger partial charge is 0.497 e. The maximum Gasteiger partial charge on any atom is 0.308 e. The molecule has 3 aromatic carbocycles. The topological polar surface area (TPSA) is 70.4 Å². The number of esters is 1. The molecule has 7 heteroatoms. The third kappa shape index (κ3) is 3.87. The zero-order valence-corrected chi connectivity index (χ0v) is 18.9. The van der Waals surface area contributed by atoms with Gasteiger partial charge in [0.05, 0.1) is 23.7 Å². The first-order valence-electron chi connectivity index (χ1n) is 10.4. The van der Waals surface area contributed by atoms with E-state index in [0.29, 0.717) is 34.1 Å². The molecule has 6 nitrogen and oxygen atoms in total. The van der Waals surface area contributed by atoms with Crippen LogP contribution in [-0.4, -0.2) is 22.6 Å². The summed E-state index contributed by atoms with van der Waals surface area (Å²) in [7, 11) is 1.61. The molecule has 33 heavy (non-hydrogen) atoms. The van der Waals surface area contributed by atoms with E-state index < -0.39 is 5.97 Å². The monoisotopic (exact) mass is 456 g/mol. The first-order chi connectivity index (χ1) is 16.0. The summed E-state index contributed by atoms with van der Waals surface area (Å²) in [5.74, 6) is 1.25. The predicted octanol–water partition coefficient (Wildman–Crippen LogP) is 5.26. The van der Waals surface area contributed by atoms with Crippen LogP contribution in [0.2, 0.25) is 0 Å². The summed E-state index contributed by atoms with van der Waals surface area (Å²) in [6.07, 6.45) is 0. The molecule has 0 aliphatic carbocycles. The van der Waals surface area contributed by atoms with Gasteiger partial charge in [-0.25, -0.2) is 4.98 Å². The summed E-state index contributed by atoms with van der Waals surface area (Å²) in [5.41, 5.74) is 1.62. The zero-order chi connectivity index (χ0) is 22.9. The van der Waals surface area contributed by atoms with Crippen molar-refractivity contribution in [3.05, 3.63) is 88.7 Å². The number of hydrogen-bond acceptors (Lipinski definition) is 6. The molecule has 0 radical (unpaired) electrons. The van der Waals surface area contributed by atoms with Gasteiger partial charge in [0.2, 0.25) is 0 Å². The molecule has 0 aliphatic heterocycles. The molecule has 0 unspecified atom stereocenters. The molecule has 0 atom stereocenters. The highest BCUT2D eigenvalue weighted by Crippen LogP contribution is 2.38. The van der Waals surface area contributed by atoms with Gasteiger partial charge in [0.15, 0.2) is 0 Å². The molecule has 0 fully saturated rings. The number of fused-ring (bicyclic) bond motifs is 3. The molecule has 0 spiro atoms. The number of nitrogens with zero attached hydrogens (tertiary/aromatic N) is 2. The Labute approximate surface area is 193 Å². The lowest BCUT2D eigenvalue weighted by molar-refractivity contribution is -0.131. The van der Waals surface area contributed by atoms with E-state index >= 15 is 0 Å². The normalized spacial score (nSPS) is 11.1. The summed E-state index contributed by atoms with van der Waals surface area (Å²) >= 11 is 1.35. The number of thiophene rings is 1. The molecule has 164 valence electrons. The lowest BCUT2D eigenvalue weighted by atomic mass is 10.1. The number of benzene rings is 3. The van der Waals surface area contributed by atoms with Gasteiger partial charge in [-0.05, 0) is 23.8 Å². The summed E-state index contributed by atoms with van der Waals surface area (Å²) in [6.45, 7) is 1.73. The summed E-state index contributed by atoms with van der Waals surface area (Å²) in [6, 6.07) is 22.7. The van der Waals surface area contributed by atoms with Gasteiger partial charge >= 0.3 is 5.97 Å². The van der Waals surface area contributed by atoms with Crippen LogP contribution in [0.5, 0.6) is 11.5 Å². The number of hydrogen-bond donors (Lipinski definition) is 0. The molecule has 0 amide bonds. The van der Waals surface area contributed by atoms with Crippen LogP contribution in [-0.2, 0) is 11.3 Å². The molecule has 0 saturated carbocycles. The number of aromatic nitrogens is 2. The molecular formula is C26H20N2O4S. The van der Waals surface area contributed by atoms with Crippen molar-refractivity contribution < 1.29 is 14.3 Å². The number of methoxy groups -OCH3 is 1. The van der Waals surface area contributed by atoms with Crippen LogP contribution in [0, 0.1) is 0 Å². The van der Waals surface area contributed by atoms with Crippen LogP contribution < -0.4 is 15.0 Å². The van der Waals surface area contributed by atoms with E-state index in [-0.39, 0.29) is 5.56 Å². The second kappa shape index (κ2) is 8.52. The number of carbonyl (C=O) groups is 1. The van der Waals surface area contributed by atoms with Crippen LogP contribution in [0.3, 0.4) is 0 Å². The second-order valence-corrected chi connectivity index (χ2v) is 8.55. The van der Waals surface area contributed by atoms with Crippen LogP contribution in [0.25, 0.3) is 31.7 Å². The first-order valence-corrected chi connectivity index (χ1v) is 11.2. The molecule has 0 N–H and O–H groups in total. The van der Waals surface area contributed by atoms with Crippen molar-refractivity contribution in [3.8, 4) is 22.9 Å². The van der Waals surface area contributed by atoms with E-state index in [9.17, 15) is 9.59 Å². The molecule has 2 heterocycles. The Bertz CT molecular complexity index is 1550. The minimum Gasteiger partial charge on any atom is -0.497 e. The molecule has 5 rings (SSSR count). The fourth-order valence-corrected chi connectivity index (χ4v) is 5.00. The lowest BCUT2D eigenvalue weighted by Gasteiger charge is -2.13. The first kappa shape index (κ1) is 20.9. The van der Waals surface area contributed by atoms with E-state index in [1.54, 1.807) is 23.8 Å². The van der Waals surface area contributed by atoms with Crippen LogP contribution >= 0.6 is 11.3 Å². The van der Waals surface area contributed by atoms with Crippen LogP contribution in [0.15, 0.2) is 77.6 Å². The van der Waals surface area contributed by atoms with E-state index in [0.717, 1.165) is 21.2 Å². The third-order valence-electron chi connectivity index (χ3n) is 5.35. The lowest BCUT2D eigenvalue weighted by Crippen LogP contribution is -2.23. The Hall–Kier alpha value is -3.97. The highest BCUT2D eigenvalue weighted by molar-refractivity contribution is 7.25. The van der Waals surface area contributed by atoms with E-state index in [2.05, 4.69) is 0 Å². The van der Waals surface area contributed by atoms with Gasteiger partial charge < -0.3 is 9.47 Å². The smallest absolute Gasteiger partial charge is 0.308 e. The Morgan fingerprint density at radius 1 is 1.03 bits per heavy atom. The average Bonchev–Trinajstić information content (AvgIpc) is 3.21. The minimum atomic E-state index is -0.411. The van der Waals surface area contributed by atoms with Gasteiger partial charge in [-0.3, -0.25) is 14.2 Å². The summed E-state index contributed by atoms with van der Waals surface area (Å²) in [4.78, 5) is 31.0. The van der Waals surface area contributed by atoms with Crippen molar-refractivity contribution in [1.82, 2.24) is 9.55 Å². The Kier molecular flexibility index (Phi) is 5.40. The van der Waals surface area contributed by atoms with Crippen molar-refractivity contribution in [3.63, 3.8) is 0 Å². The van der Waals surface area contributed by atoms with Crippen LogP contribution in [0.4, 0.5) is 0 Å². The summed E-state index contributed by atoms with van der Waals surface area (Å²) in [5, 5.41) is 1.25. The predicted molar refractivity (Wildman–Crippen MR) is 130 cm³/mol. The van der Waals surface area contributed by atoms with E-state index in [1.165, 1.54) is 18.3 Å². The maximum atomic E-state index is 13.9. The Morgan fingerprint density at radius 2 is 1.82 bits per heavy atom. The molecule has 0 aliphatic rings. The van der Waals surface area contributed by atoms with Crippen molar-refractivity contribution in [2.45, 2.75) is 13.5 Å². The van der Waals surface area contributed by atoms with Crippen LogP contribution in [0.1, 0.15) is 12.5 Å². The van der Waals surface area contributed by atoms with Gasteiger partial charge in [0.1, 0.15) is 22.2 Å². The van der Waals surface area contributed by atoms with Gasteiger partial charge in [0, 0.05) is 17.9 Å². The average molecular weight is 457 g/mol. The minimum absolute atomic E-state index is 0.145. The van der Waals surface area contributed by atoms with Crippen molar-refractivity contribution in [2.75, 3.05) is 7.11 Å². The maximum absolute atomic E-state index is 13.9. The summed E-state index contributed by atoms with van der Waals surface area (Å²) < 4.78 is 13.2. The second-order valence-electron chi connectivity index (χ2n) is 7.55. The number of carbonyl (C=O) groups excluding carboxylic acids is 1. The van der Waals surface area contributed by atoms with Gasteiger partial charge in [-0.1, -0.05) is 54.6 Å². The van der Waals surface area contributed by atoms with Crippen molar-refractivity contribution in [1.29, 1.82) is 0 Å². The quantitative estimate of drug-likeness (QED) is 0.266. The van der Waals surface area contributed by atoms with Gasteiger partial charge in [-0.15, -0.1) is 11.3 Å². The highest BCUT2D eigenvalue weighted by atomic mass is 32.1. The Morgan fingerprint density at radius 3 is 2.58 bits per heavy atom. The molecular weight excluding hydrogens is 436 g/mol. The van der Waals surface area contributed by atoms with E-state index in [1.807, 2.05) is 60.7 Å². The van der Waals surface area contributed by atoms with Crippen molar-refractivity contribution in [2.24, 2.45) is 0 Å². The van der Waals surface area contributed by atoms with E-state index in [4.69, 9.17) is 14.5 Å². The number of rotatable bonds is 5. The molecule has 0 saturated heterocycles. The highest BCUT2D eigenvalue weighted by Gasteiger charge is 2.20. The van der Waals surface area contributed by atoms with Crippen molar-refractivity contribution >= 4 is 37.6 Å². The molecule has 5 aromatic rings. The fraction of sp³-hybridized carbons (Fsp3) is 0.115. The SMILES string of the molecule is COc1cccc(-c2nc3sc4c(OC(C)=O)cccc4c3c(=O)n2Cc2ccccc2)c1. The Balaban J connectivity index is 1.82. The molecule has 2 aromatic heterocycles. The standard InChI is InChI=1S/C26H20N2O4S/c1-16(29)32-21-13-7-12-20-22-25(33-23(20)21)27-24(18-10-6-11-19(14-18)31-2)28(26(22)30)15-17-8-4-3-5-9-17/h3-14H,15H2,1-2H3. The fourth-order valence-electron chi connectivity index (χ4n) is 3.88. The number of ether oxygens (including phenoxy) is 2.